The Hall–Kier alpha value is -3.00. The molecular weight excluding hydrogens is 552 g/mol. The van der Waals surface area contributed by atoms with Crippen LogP contribution in [0.4, 0.5) is 5.69 Å². The van der Waals surface area contributed by atoms with Crippen LogP contribution in [0.2, 0.25) is 5.02 Å². The quantitative estimate of drug-likeness (QED) is 0.312. The molecule has 0 radical (unpaired) electrons. The SMILES string of the molecule is CCc1cccc(CC)c1N1C(=O)C(c2nc(-c3ccc(Cl)cc3)cs2)CC(C(=O)N2CCNCC2)=C1CC(C)C. The summed E-state index contributed by atoms with van der Waals surface area (Å²) in [7, 11) is 0. The van der Waals surface area contributed by atoms with Gasteiger partial charge < -0.3 is 10.2 Å². The molecule has 5 rings (SSSR count). The van der Waals surface area contributed by atoms with Gasteiger partial charge in [0.15, 0.2) is 0 Å². The molecule has 8 heteroatoms. The molecule has 1 fully saturated rings. The molecule has 2 amide bonds. The molecule has 1 unspecified atom stereocenters. The third-order valence-electron chi connectivity index (χ3n) is 7.96. The number of hydrogen-bond acceptors (Lipinski definition) is 5. The van der Waals surface area contributed by atoms with Crippen LogP contribution in [-0.4, -0.2) is 47.9 Å². The highest BCUT2D eigenvalue weighted by atomic mass is 35.5. The number of benzene rings is 2. The first-order valence-electron chi connectivity index (χ1n) is 14.7. The highest BCUT2D eigenvalue weighted by molar-refractivity contribution is 7.10. The van der Waals surface area contributed by atoms with Crippen LogP contribution in [0, 0.1) is 5.92 Å². The standard InChI is InChI=1S/C33H39ClN4O2S/c1-5-22-8-7-9-23(6-2)30(22)38-29(18-21(3)4)26(32(39)37-16-14-35-15-17-37)19-27(33(38)40)31-36-28(20-41-31)24-10-12-25(34)13-11-24/h7-13,20-21,27,35H,5-6,14-19H2,1-4H3. The van der Waals surface area contributed by atoms with Gasteiger partial charge in [0.1, 0.15) is 5.01 Å². The maximum atomic E-state index is 14.7. The summed E-state index contributed by atoms with van der Waals surface area (Å²) in [6, 6.07) is 13.9. The summed E-state index contributed by atoms with van der Waals surface area (Å²) in [6.07, 6.45) is 2.61. The molecular formula is C33H39ClN4O2S. The number of allylic oxidation sites excluding steroid dienone is 1. The number of amides is 2. The summed E-state index contributed by atoms with van der Waals surface area (Å²) >= 11 is 7.61. The smallest absolute Gasteiger partial charge is 0.251 e. The number of para-hydroxylation sites is 1. The minimum atomic E-state index is -0.534. The Bertz CT molecular complexity index is 1420. The fraction of sp³-hybridized carbons (Fsp3) is 0.424. The van der Waals surface area contributed by atoms with Crippen molar-refractivity contribution in [3.8, 4) is 11.3 Å². The Morgan fingerprint density at radius 2 is 1.73 bits per heavy atom. The number of nitrogens with zero attached hydrogens (tertiary/aromatic N) is 3. The van der Waals surface area contributed by atoms with Crippen molar-refractivity contribution in [3.05, 3.63) is 80.3 Å². The normalized spacial score (nSPS) is 18.0. The molecule has 0 bridgehead atoms. The van der Waals surface area contributed by atoms with Gasteiger partial charge >= 0.3 is 0 Å². The molecule has 0 spiro atoms. The zero-order valence-electron chi connectivity index (χ0n) is 24.4. The minimum absolute atomic E-state index is 0.00474. The zero-order valence-corrected chi connectivity index (χ0v) is 25.9. The topological polar surface area (TPSA) is 65.5 Å². The van der Waals surface area contributed by atoms with Crippen molar-refractivity contribution < 1.29 is 9.59 Å². The van der Waals surface area contributed by atoms with E-state index in [1.54, 1.807) is 0 Å². The molecule has 41 heavy (non-hydrogen) atoms. The Morgan fingerprint density at radius 3 is 2.34 bits per heavy atom. The first-order chi connectivity index (χ1) is 19.8. The van der Waals surface area contributed by atoms with E-state index in [9.17, 15) is 9.59 Å². The van der Waals surface area contributed by atoms with Crippen molar-refractivity contribution in [1.82, 2.24) is 15.2 Å². The van der Waals surface area contributed by atoms with E-state index < -0.39 is 5.92 Å². The van der Waals surface area contributed by atoms with E-state index in [4.69, 9.17) is 16.6 Å². The van der Waals surface area contributed by atoms with Gasteiger partial charge in [0, 0.05) is 53.4 Å². The van der Waals surface area contributed by atoms with Crippen LogP contribution in [0.15, 0.2) is 59.1 Å². The third-order valence-corrected chi connectivity index (χ3v) is 9.17. The Labute approximate surface area is 252 Å². The highest BCUT2D eigenvalue weighted by Crippen LogP contribution is 2.43. The van der Waals surface area contributed by atoms with E-state index in [1.807, 2.05) is 39.4 Å². The van der Waals surface area contributed by atoms with E-state index in [-0.39, 0.29) is 17.7 Å². The van der Waals surface area contributed by atoms with Gasteiger partial charge in [-0.1, -0.05) is 69.6 Å². The lowest BCUT2D eigenvalue weighted by atomic mass is 9.86. The van der Waals surface area contributed by atoms with Crippen molar-refractivity contribution in [1.29, 1.82) is 0 Å². The number of aryl methyl sites for hydroxylation is 2. The molecule has 1 N–H and O–H groups in total. The maximum absolute atomic E-state index is 14.7. The molecule has 1 aromatic heterocycles. The molecule has 0 aliphatic carbocycles. The first-order valence-corrected chi connectivity index (χ1v) is 16.0. The molecule has 3 aromatic rings. The number of carbonyl (C=O) groups excluding carboxylic acids is 2. The van der Waals surface area contributed by atoms with E-state index in [2.05, 4.69) is 51.2 Å². The molecule has 2 aliphatic heterocycles. The van der Waals surface area contributed by atoms with Gasteiger partial charge in [-0.25, -0.2) is 4.98 Å². The van der Waals surface area contributed by atoms with Gasteiger partial charge in [-0.05, 0) is 54.9 Å². The van der Waals surface area contributed by atoms with Gasteiger partial charge in [0.2, 0.25) is 5.91 Å². The van der Waals surface area contributed by atoms with Crippen LogP contribution in [-0.2, 0) is 22.4 Å². The molecule has 6 nitrogen and oxygen atoms in total. The molecule has 216 valence electrons. The number of halogens is 1. The number of nitrogens with one attached hydrogen (secondary N) is 1. The second-order valence-electron chi connectivity index (χ2n) is 11.2. The second-order valence-corrected chi connectivity index (χ2v) is 12.5. The van der Waals surface area contributed by atoms with Crippen LogP contribution in [0.5, 0.6) is 0 Å². The maximum Gasteiger partial charge on any atom is 0.251 e. The fourth-order valence-corrected chi connectivity index (χ4v) is 6.89. The third kappa shape index (κ3) is 6.13. The van der Waals surface area contributed by atoms with Crippen LogP contribution < -0.4 is 10.2 Å². The van der Waals surface area contributed by atoms with E-state index in [0.29, 0.717) is 31.0 Å². The number of anilines is 1. The molecule has 2 aliphatic rings. The summed E-state index contributed by atoms with van der Waals surface area (Å²) in [5.74, 6) is -0.206. The van der Waals surface area contributed by atoms with Crippen molar-refractivity contribution in [2.45, 2.75) is 59.3 Å². The van der Waals surface area contributed by atoms with Gasteiger partial charge in [0.05, 0.1) is 17.3 Å². The lowest BCUT2D eigenvalue weighted by Crippen LogP contribution is -2.49. The largest absolute Gasteiger partial charge is 0.336 e. The molecule has 1 atom stereocenters. The summed E-state index contributed by atoms with van der Waals surface area (Å²) in [4.78, 5) is 37.8. The van der Waals surface area contributed by atoms with E-state index >= 15 is 0 Å². The van der Waals surface area contributed by atoms with Gasteiger partial charge in [-0.3, -0.25) is 14.5 Å². The molecule has 0 saturated carbocycles. The van der Waals surface area contributed by atoms with Crippen LogP contribution in [0.25, 0.3) is 11.3 Å². The molecule has 2 aromatic carbocycles. The number of aromatic nitrogens is 1. The zero-order chi connectivity index (χ0) is 29.1. The lowest BCUT2D eigenvalue weighted by Gasteiger charge is -2.39. The van der Waals surface area contributed by atoms with Crippen molar-refractivity contribution >= 4 is 40.4 Å². The van der Waals surface area contributed by atoms with Gasteiger partial charge in [0.25, 0.3) is 5.91 Å². The van der Waals surface area contributed by atoms with Crippen LogP contribution in [0.1, 0.15) is 62.6 Å². The fourth-order valence-electron chi connectivity index (χ4n) is 5.85. The first kappa shape index (κ1) is 29.5. The van der Waals surface area contributed by atoms with Gasteiger partial charge in [-0.2, -0.15) is 0 Å². The van der Waals surface area contributed by atoms with Crippen LogP contribution in [0.3, 0.4) is 0 Å². The highest BCUT2D eigenvalue weighted by Gasteiger charge is 2.42. The number of carbonyl (C=O) groups is 2. The number of rotatable bonds is 8. The molecule has 3 heterocycles. The summed E-state index contributed by atoms with van der Waals surface area (Å²) < 4.78 is 0. The lowest BCUT2D eigenvalue weighted by molar-refractivity contribution is -0.128. The van der Waals surface area contributed by atoms with Gasteiger partial charge in [-0.15, -0.1) is 11.3 Å². The summed E-state index contributed by atoms with van der Waals surface area (Å²) in [5.41, 5.74) is 6.56. The van der Waals surface area contributed by atoms with E-state index in [1.165, 1.54) is 11.3 Å². The van der Waals surface area contributed by atoms with Crippen molar-refractivity contribution in [2.24, 2.45) is 5.92 Å². The minimum Gasteiger partial charge on any atom is -0.336 e. The summed E-state index contributed by atoms with van der Waals surface area (Å²) in [6.45, 7) is 11.4. The number of piperazine rings is 1. The average Bonchev–Trinajstić information content (AvgIpc) is 3.47. The van der Waals surface area contributed by atoms with E-state index in [0.717, 1.165) is 70.3 Å². The van der Waals surface area contributed by atoms with Crippen molar-refractivity contribution in [2.75, 3.05) is 31.1 Å². The average molecular weight is 591 g/mol. The van der Waals surface area contributed by atoms with Crippen molar-refractivity contribution in [3.63, 3.8) is 0 Å². The number of hydrogen-bond donors (Lipinski definition) is 1. The monoisotopic (exact) mass is 590 g/mol. The Morgan fingerprint density at radius 1 is 1.07 bits per heavy atom. The predicted octanol–water partition coefficient (Wildman–Crippen LogP) is 6.84. The predicted molar refractivity (Wildman–Crippen MR) is 169 cm³/mol. The summed E-state index contributed by atoms with van der Waals surface area (Å²) in [5, 5.41) is 6.76. The Balaban J connectivity index is 1.67. The second kappa shape index (κ2) is 12.9. The number of thiazole rings is 1. The Kier molecular flexibility index (Phi) is 9.27. The van der Waals surface area contributed by atoms with Crippen LogP contribution >= 0.6 is 22.9 Å². The molecule has 1 saturated heterocycles.